The van der Waals surface area contributed by atoms with Crippen molar-refractivity contribution in [1.82, 2.24) is 29.8 Å². The van der Waals surface area contributed by atoms with Gasteiger partial charge in [-0.2, -0.15) is 0 Å². The Morgan fingerprint density at radius 3 is 1.48 bits per heavy atom. The van der Waals surface area contributed by atoms with Gasteiger partial charge >= 0.3 is 0 Å². The molecule has 3 N–H and O–H groups in total. The Morgan fingerprint density at radius 1 is 0.754 bits per heavy atom. The maximum Gasteiger partial charge on any atom is 0.296 e. The molecular weight excluding hydrogens is 817 g/mol. The second kappa shape index (κ2) is 21.0. The van der Waals surface area contributed by atoms with E-state index in [-0.39, 0.29) is 65.7 Å². The number of Topliss-reactive ketones (excluding diaryl/α,β-unsaturated/α-hetero) is 1. The highest BCUT2D eigenvalue weighted by atomic mass is 32.2. The van der Waals surface area contributed by atoms with Crippen LogP contribution in [-0.4, -0.2) is 89.6 Å². The number of carbonyl (C=O) groups is 2. The molecule has 2 aliphatic rings. The summed E-state index contributed by atoms with van der Waals surface area (Å²) in [6, 6.07) is 0. The van der Waals surface area contributed by atoms with Crippen molar-refractivity contribution >= 4 is 31.7 Å². The molecule has 2 saturated heterocycles. The van der Waals surface area contributed by atoms with Crippen LogP contribution in [0.4, 0.5) is 0 Å². The fourth-order valence-corrected chi connectivity index (χ4v) is 8.95. The molecule has 2 aliphatic heterocycles. The van der Waals surface area contributed by atoms with Crippen LogP contribution in [0.15, 0.2) is 6.20 Å². The van der Waals surface area contributed by atoms with Crippen molar-refractivity contribution in [3.8, 4) is 11.8 Å². The van der Waals surface area contributed by atoms with E-state index in [1.54, 1.807) is 10.9 Å². The zero-order valence-corrected chi connectivity index (χ0v) is 42.7. The number of amides is 1. The molecule has 2 fully saturated rings. The third-order valence-electron chi connectivity index (χ3n) is 7.94. The van der Waals surface area contributed by atoms with Gasteiger partial charge in [0.2, 0.25) is 20.0 Å². The average molecular weight is 907 g/mol. The minimum Gasteiger partial charge on any atom is -0.368 e. The van der Waals surface area contributed by atoms with Gasteiger partial charge in [0, 0.05) is 27.4 Å². The van der Waals surface area contributed by atoms with E-state index in [9.17, 15) is 26.4 Å². The highest BCUT2D eigenvalue weighted by molar-refractivity contribution is 7.90. The Morgan fingerprint density at radius 2 is 1.20 bits per heavy atom. The van der Waals surface area contributed by atoms with Crippen molar-refractivity contribution in [1.29, 1.82) is 0 Å². The Balaban J connectivity index is -0.000000729. The van der Waals surface area contributed by atoms with Crippen LogP contribution in [0, 0.1) is 33.5 Å². The highest BCUT2D eigenvalue weighted by Crippen LogP contribution is 2.45. The first-order valence-corrected chi connectivity index (χ1v) is 23.4. The van der Waals surface area contributed by atoms with Gasteiger partial charge in [-0.15, -0.1) is 5.10 Å². The molecule has 0 saturated carbocycles. The van der Waals surface area contributed by atoms with Gasteiger partial charge in [0.15, 0.2) is 11.2 Å². The summed E-state index contributed by atoms with van der Waals surface area (Å²) in [7, 11) is -6.64. The van der Waals surface area contributed by atoms with E-state index < -0.39 is 47.6 Å². The second-order valence-electron chi connectivity index (χ2n) is 23.8. The minimum absolute atomic E-state index is 0. The predicted octanol–water partition coefficient (Wildman–Crippen LogP) is 8.48. The standard InChI is InChI=1S/C11H19N3O.C11H23NO3S.C11H19NO.C10H21NO3S.2CH4/c1-10(2,3)9(15)8-7-14(13-12-8)11(4,5)6;1-9(2,3)11(7-15-11)8-16(13,14)12-10(4,5)6;1-10(2,3)8-7-9(13)12-11(4,5)6;1-9(2,3)7-8(14-7)15(12,13)11-10(4,5)6;;/h7H,1-6H3;12H,7-8H2,1-6H3;1-6H3,(H,12,13);7-8,11H,1-6H3;2*1H4. The van der Waals surface area contributed by atoms with Crippen molar-refractivity contribution < 1.29 is 35.9 Å². The van der Waals surface area contributed by atoms with Crippen LogP contribution in [-0.2, 0) is 39.9 Å². The maximum absolute atomic E-state index is 12.0. The number of epoxide rings is 2. The highest BCUT2D eigenvalue weighted by Gasteiger charge is 2.57. The van der Waals surface area contributed by atoms with Gasteiger partial charge in [-0.05, 0) is 121 Å². The molecule has 0 bridgehead atoms. The molecule has 3 unspecified atom stereocenters. The molecule has 61 heavy (non-hydrogen) atoms. The third kappa shape index (κ3) is 25.5. The second-order valence-corrected chi connectivity index (χ2v) is 27.3. The summed E-state index contributed by atoms with van der Waals surface area (Å²) in [5.41, 5.74) is -2.78. The van der Waals surface area contributed by atoms with Crippen molar-refractivity contribution in [3.63, 3.8) is 0 Å². The fraction of sp³-hybridized carbons (Fsp3) is 0.867. The molecule has 3 atom stereocenters. The molecule has 360 valence electrons. The number of rotatable bonds is 6. The molecule has 14 nitrogen and oxygen atoms in total. The number of nitrogens with zero attached hydrogens (tertiary/aromatic N) is 3. The zero-order valence-electron chi connectivity index (χ0n) is 41.1. The number of aromatic nitrogens is 3. The quantitative estimate of drug-likeness (QED) is 0.142. The lowest BCUT2D eigenvalue weighted by Gasteiger charge is -2.29. The summed E-state index contributed by atoms with van der Waals surface area (Å²) in [5, 5.41) is 10.7. The van der Waals surface area contributed by atoms with E-state index in [4.69, 9.17) is 9.47 Å². The molecule has 3 heterocycles. The lowest BCUT2D eigenvalue weighted by molar-refractivity contribution is -0.117. The molecule has 0 radical (unpaired) electrons. The summed E-state index contributed by atoms with van der Waals surface area (Å²) >= 11 is 0. The molecule has 0 spiro atoms. The van der Waals surface area contributed by atoms with E-state index in [0.29, 0.717) is 12.3 Å². The number of hydrogen-bond acceptors (Lipinski definition) is 10. The normalized spacial score (nSPS) is 19.5. The van der Waals surface area contributed by atoms with Gasteiger partial charge in [0.1, 0.15) is 17.4 Å². The van der Waals surface area contributed by atoms with Crippen molar-refractivity contribution in [2.24, 2.45) is 21.7 Å². The first-order chi connectivity index (χ1) is 25.5. The topological polar surface area (TPSA) is 194 Å². The van der Waals surface area contributed by atoms with Gasteiger partial charge in [-0.25, -0.2) is 31.0 Å². The number of hydrogen-bond donors (Lipinski definition) is 3. The van der Waals surface area contributed by atoms with Gasteiger partial charge < -0.3 is 14.8 Å². The SMILES string of the molecule is C.C.CC(C)(C)C#CC(=O)NC(C)(C)C.CC(C)(C)C(=O)c1cn(C(C)(C)C)nn1.CC(C)(C)NS(=O)(=O)C1OC1C(C)(C)C.CC(C)(C)NS(=O)(=O)CC1(C(C)(C)C)CO1. The van der Waals surface area contributed by atoms with Crippen LogP contribution in [0.1, 0.15) is 192 Å². The molecule has 0 aromatic carbocycles. The first kappa shape index (κ1) is 62.9. The van der Waals surface area contributed by atoms with Gasteiger partial charge in [0.25, 0.3) is 5.91 Å². The largest absolute Gasteiger partial charge is 0.368 e. The van der Waals surface area contributed by atoms with Crippen LogP contribution >= 0.6 is 0 Å². The molecule has 3 rings (SSSR count). The molecule has 1 aromatic heterocycles. The van der Waals surface area contributed by atoms with Crippen LogP contribution in [0.5, 0.6) is 0 Å². The van der Waals surface area contributed by atoms with Gasteiger partial charge in [-0.1, -0.05) is 88.3 Å². The van der Waals surface area contributed by atoms with E-state index in [1.807, 2.05) is 166 Å². The third-order valence-corrected chi connectivity index (χ3v) is 11.6. The predicted molar refractivity (Wildman–Crippen MR) is 252 cm³/mol. The van der Waals surface area contributed by atoms with Gasteiger partial charge in [0.05, 0.1) is 24.1 Å². The summed E-state index contributed by atoms with van der Waals surface area (Å²) in [4.78, 5) is 23.1. The molecule has 0 aliphatic carbocycles. The number of ether oxygens (including phenoxy) is 2. The van der Waals surface area contributed by atoms with Crippen molar-refractivity contribution in [2.45, 2.75) is 220 Å². The summed E-state index contributed by atoms with van der Waals surface area (Å²) < 4.78 is 65.2. The summed E-state index contributed by atoms with van der Waals surface area (Å²) in [6.45, 7) is 46.9. The Hall–Kier alpha value is -2.42. The molecule has 1 aromatic rings. The summed E-state index contributed by atoms with van der Waals surface area (Å²) in [5.74, 6) is 5.32. The number of sulfonamides is 2. The number of nitrogens with one attached hydrogen (secondary N) is 3. The van der Waals surface area contributed by atoms with E-state index >= 15 is 0 Å². The smallest absolute Gasteiger partial charge is 0.296 e. The Labute approximate surface area is 374 Å². The van der Waals surface area contributed by atoms with Gasteiger partial charge in [-0.3, -0.25) is 9.59 Å². The lowest BCUT2D eigenvalue weighted by atomic mass is 9.82. The van der Waals surface area contributed by atoms with E-state index in [1.165, 1.54) is 0 Å². The maximum atomic E-state index is 12.0. The zero-order chi connectivity index (χ0) is 47.4. The Kier molecular flexibility index (Phi) is 21.7. The van der Waals surface area contributed by atoms with Crippen LogP contribution in [0.2, 0.25) is 0 Å². The lowest BCUT2D eigenvalue weighted by Crippen LogP contribution is -2.47. The van der Waals surface area contributed by atoms with Crippen LogP contribution in [0.25, 0.3) is 0 Å². The van der Waals surface area contributed by atoms with Crippen LogP contribution in [0.3, 0.4) is 0 Å². The first-order valence-electron chi connectivity index (χ1n) is 20.2. The fourth-order valence-electron chi connectivity index (χ4n) is 4.76. The number of carbonyl (C=O) groups excluding carboxylic acids is 2. The van der Waals surface area contributed by atoms with Crippen molar-refractivity contribution in [2.75, 3.05) is 12.4 Å². The Bertz CT molecular complexity index is 1850. The monoisotopic (exact) mass is 907 g/mol. The number of ketones is 1. The van der Waals surface area contributed by atoms with Crippen LogP contribution < -0.4 is 14.8 Å². The molecule has 16 heteroatoms. The average Bonchev–Trinajstić information content (AvgIpc) is 3.83. The summed E-state index contributed by atoms with van der Waals surface area (Å²) in [6.07, 6.45) is 1.52. The van der Waals surface area contributed by atoms with E-state index in [0.717, 1.165) is 0 Å². The minimum atomic E-state index is -3.35. The van der Waals surface area contributed by atoms with Crippen molar-refractivity contribution in [3.05, 3.63) is 11.9 Å². The van der Waals surface area contributed by atoms with E-state index in [2.05, 4.69) is 36.9 Å². The molecule has 1 amide bonds. The molecular formula is C45H90N6O8S2.